The summed E-state index contributed by atoms with van der Waals surface area (Å²) in [6.45, 7) is 0.820. The van der Waals surface area contributed by atoms with Crippen LogP contribution in [0.4, 0.5) is 0 Å². The molecule has 5 nitrogen and oxygen atoms in total. The fourth-order valence-electron chi connectivity index (χ4n) is 1.52. The van der Waals surface area contributed by atoms with E-state index in [1.54, 1.807) is 12.1 Å². The van der Waals surface area contributed by atoms with Crippen molar-refractivity contribution in [2.75, 3.05) is 13.2 Å². The van der Waals surface area contributed by atoms with Gasteiger partial charge in [0.25, 0.3) is 0 Å². The molecule has 92 valence electrons. The summed E-state index contributed by atoms with van der Waals surface area (Å²) in [5.74, 6) is -0.403. The molecule has 1 aliphatic heterocycles. The molecule has 0 aliphatic carbocycles. The summed E-state index contributed by atoms with van der Waals surface area (Å²) in [4.78, 5) is 10.7. The average molecular weight is 266 g/mol. The zero-order chi connectivity index (χ0) is 13.1. The molecule has 0 fully saturated rings. The van der Waals surface area contributed by atoms with Gasteiger partial charge in [-0.3, -0.25) is 0 Å². The van der Waals surface area contributed by atoms with Gasteiger partial charge in [0.05, 0.1) is 5.02 Å². The fourth-order valence-corrected chi connectivity index (χ4v) is 1.80. The lowest BCUT2D eigenvalue weighted by molar-refractivity contribution is -0.132. The second kappa shape index (κ2) is 4.98. The van der Waals surface area contributed by atoms with Gasteiger partial charge in [0.2, 0.25) is 0 Å². The van der Waals surface area contributed by atoms with Gasteiger partial charge >= 0.3 is 5.97 Å². The largest absolute Gasteiger partial charge is 0.486 e. The minimum atomic E-state index is -1.29. The second-order valence-electron chi connectivity index (χ2n) is 3.50. The molecule has 6 heteroatoms. The second-order valence-corrected chi connectivity index (χ2v) is 3.91. The number of hydrogen-bond donors (Lipinski definition) is 1. The third-order valence-corrected chi connectivity index (χ3v) is 2.56. The summed E-state index contributed by atoms with van der Waals surface area (Å²) in [6, 6.07) is 4.70. The highest BCUT2D eigenvalue weighted by molar-refractivity contribution is 6.32. The van der Waals surface area contributed by atoms with Crippen LogP contribution in [0.2, 0.25) is 5.02 Å². The van der Waals surface area contributed by atoms with E-state index in [2.05, 4.69) is 0 Å². The molecule has 0 saturated carbocycles. The molecule has 0 spiro atoms. The number of carbonyl (C=O) groups is 1. The molecule has 0 aromatic heterocycles. The number of rotatable bonds is 2. The van der Waals surface area contributed by atoms with E-state index in [0.29, 0.717) is 35.3 Å². The van der Waals surface area contributed by atoms with Crippen molar-refractivity contribution in [1.29, 1.82) is 5.26 Å². The third kappa shape index (κ3) is 2.39. The monoisotopic (exact) mass is 265 g/mol. The van der Waals surface area contributed by atoms with Crippen LogP contribution in [0.15, 0.2) is 17.7 Å². The zero-order valence-electron chi connectivity index (χ0n) is 9.14. The molecule has 1 aromatic rings. The number of hydrogen-bond acceptors (Lipinski definition) is 4. The number of nitrogens with zero attached hydrogens (tertiary/aromatic N) is 1. The SMILES string of the molecule is N#C/C(=C\c1cc(Cl)c2c(c1)OCCO2)C(=O)O. The highest BCUT2D eigenvalue weighted by atomic mass is 35.5. The Morgan fingerprint density at radius 1 is 1.44 bits per heavy atom. The van der Waals surface area contributed by atoms with Crippen LogP contribution in [0.3, 0.4) is 0 Å². The van der Waals surface area contributed by atoms with E-state index in [-0.39, 0.29) is 5.57 Å². The number of benzene rings is 1. The van der Waals surface area contributed by atoms with Crippen molar-refractivity contribution in [2.45, 2.75) is 0 Å². The van der Waals surface area contributed by atoms with E-state index in [4.69, 9.17) is 31.4 Å². The molecular weight excluding hydrogens is 258 g/mol. The van der Waals surface area contributed by atoms with Crippen molar-refractivity contribution in [3.63, 3.8) is 0 Å². The van der Waals surface area contributed by atoms with Crippen LogP contribution in [0.25, 0.3) is 6.08 Å². The Kier molecular flexibility index (Phi) is 3.40. The fraction of sp³-hybridized carbons (Fsp3) is 0.167. The Hall–Kier alpha value is -2.19. The lowest BCUT2D eigenvalue weighted by Crippen LogP contribution is -2.15. The van der Waals surface area contributed by atoms with E-state index in [1.807, 2.05) is 0 Å². The first-order chi connectivity index (χ1) is 8.61. The number of nitriles is 1. The van der Waals surface area contributed by atoms with Crippen molar-refractivity contribution >= 4 is 23.6 Å². The maximum Gasteiger partial charge on any atom is 0.346 e. The molecule has 18 heavy (non-hydrogen) atoms. The molecule has 0 unspecified atom stereocenters. The van der Waals surface area contributed by atoms with Gasteiger partial charge in [-0.15, -0.1) is 0 Å². The number of fused-ring (bicyclic) bond motifs is 1. The van der Waals surface area contributed by atoms with E-state index < -0.39 is 5.97 Å². The summed E-state index contributed by atoms with van der Waals surface area (Å²) in [7, 11) is 0. The highest BCUT2D eigenvalue weighted by Crippen LogP contribution is 2.38. The molecule has 0 bridgehead atoms. The van der Waals surface area contributed by atoms with Crippen molar-refractivity contribution in [3.8, 4) is 17.6 Å². The van der Waals surface area contributed by atoms with Crippen molar-refractivity contribution in [3.05, 3.63) is 28.3 Å². The number of aliphatic carboxylic acids is 1. The Morgan fingerprint density at radius 2 is 2.17 bits per heavy atom. The molecular formula is C12H8ClNO4. The van der Waals surface area contributed by atoms with Crippen LogP contribution in [-0.2, 0) is 4.79 Å². The van der Waals surface area contributed by atoms with Crippen LogP contribution >= 0.6 is 11.6 Å². The van der Waals surface area contributed by atoms with Crippen molar-refractivity contribution in [1.82, 2.24) is 0 Å². The maximum atomic E-state index is 10.7. The molecule has 0 saturated heterocycles. The Morgan fingerprint density at radius 3 is 2.83 bits per heavy atom. The van der Waals surface area contributed by atoms with Crippen LogP contribution in [0.1, 0.15) is 5.56 Å². The first-order valence-electron chi connectivity index (χ1n) is 5.06. The molecule has 1 N–H and O–H groups in total. The number of carboxylic acid groups (broad SMARTS) is 1. The summed E-state index contributed by atoms with van der Waals surface area (Å²) < 4.78 is 10.7. The summed E-state index contributed by atoms with van der Waals surface area (Å²) in [5.41, 5.74) is 0.103. The van der Waals surface area contributed by atoms with Crippen molar-refractivity contribution in [2.24, 2.45) is 0 Å². The van der Waals surface area contributed by atoms with Crippen LogP contribution in [-0.4, -0.2) is 24.3 Å². The Labute approximate surface area is 108 Å². The van der Waals surface area contributed by atoms with Gasteiger partial charge in [0.15, 0.2) is 11.5 Å². The third-order valence-electron chi connectivity index (χ3n) is 2.28. The van der Waals surface area contributed by atoms with E-state index >= 15 is 0 Å². The lowest BCUT2D eigenvalue weighted by Gasteiger charge is -2.19. The van der Waals surface area contributed by atoms with E-state index in [9.17, 15) is 4.79 Å². The standard InChI is InChI=1S/C12H8ClNO4/c13-9-4-7(3-8(6-14)12(15)16)5-10-11(9)18-2-1-17-10/h3-5H,1-2H2,(H,15,16)/b8-3+. The maximum absolute atomic E-state index is 10.7. The Bertz CT molecular complexity index is 574. The van der Waals surface area contributed by atoms with Crippen LogP contribution < -0.4 is 9.47 Å². The molecule has 1 aliphatic rings. The predicted molar refractivity (Wildman–Crippen MR) is 63.7 cm³/mol. The number of halogens is 1. The molecule has 0 amide bonds. The smallest absolute Gasteiger partial charge is 0.346 e. The number of carboxylic acids is 1. The molecule has 1 heterocycles. The number of ether oxygens (including phenoxy) is 2. The van der Waals surface area contributed by atoms with Gasteiger partial charge in [0, 0.05) is 0 Å². The minimum absolute atomic E-state index is 0.320. The van der Waals surface area contributed by atoms with Gasteiger partial charge in [-0.05, 0) is 23.8 Å². The van der Waals surface area contributed by atoms with Crippen LogP contribution in [0, 0.1) is 11.3 Å². The first kappa shape index (κ1) is 12.3. The van der Waals surface area contributed by atoms with Gasteiger partial charge in [-0.1, -0.05) is 11.6 Å². The molecule has 2 rings (SSSR count). The normalized spacial score (nSPS) is 13.9. The van der Waals surface area contributed by atoms with E-state index in [0.717, 1.165) is 0 Å². The summed E-state index contributed by atoms with van der Waals surface area (Å²) >= 11 is 5.99. The van der Waals surface area contributed by atoms with Gasteiger partial charge in [-0.2, -0.15) is 5.26 Å². The Balaban J connectivity index is 2.45. The van der Waals surface area contributed by atoms with Gasteiger partial charge in [0.1, 0.15) is 24.9 Å². The first-order valence-corrected chi connectivity index (χ1v) is 5.44. The quantitative estimate of drug-likeness (QED) is 0.654. The topological polar surface area (TPSA) is 79.5 Å². The van der Waals surface area contributed by atoms with Crippen molar-refractivity contribution < 1.29 is 19.4 Å². The van der Waals surface area contributed by atoms with E-state index in [1.165, 1.54) is 12.1 Å². The zero-order valence-corrected chi connectivity index (χ0v) is 9.90. The molecule has 0 radical (unpaired) electrons. The van der Waals surface area contributed by atoms with Gasteiger partial charge in [-0.25, -0.2) is 4.79 Å². The molecule has 1 aromatic carbocycles. The lowest BCUT2D eigenvalue weighted by atomic mass is 10.1. The summed E-state index contributed by atoms with van der Waals surface area (Å²) in [6.07, 6.45) is 1.23. The van der Waals surface area contributed by atoms with Gasteiger partial charge < -0.3 is 14.6 Å². The highest BCUT2D eigenvalue weighted by Gasteiger charge is 2.16. The van der Waals surface area contributed by atoms with Crippen LogP contribution in [0.5, 0.6) is 11.5 Å². The minimum Gasteiger partial charge on any atom is -0.486 e. The summed E-state index contributed by atoms with van der Waals surface area (Å²) in [5, 5.41) is 17.8. The molecule has 0 atom stereocenters. The average Bonchev–Trinajstić information content (AvgIpc) is 2.35. The predicted octanol–water partition coefficient (Wildman–Crippen LogP) is 2.10.